The normalized spacial score (nSPS) is 11.2. The van der Waals surface area contributed by atoms with Crippen LogP contribution in [-0.4, -0.2) is 76.9 Å². The molecule has 0 atom stereocenters. The molecule has 0 aromatic heterocycles. The highest BCUT2D eigenvalue weighted by Crippen LogP contribution is 2.18. The van der Waals surface area contributed by atoms with Crippen LogP contribution in [0.15, 0.2) is 29.3 Å². The van der Waals surface area contributed by atoms with Gasteiger partial charge in [-0.3, -0.25) is 4.99 Å². The molecule has 1 N–H and O–H groups in total. The van der Waals surface area contributed by atoms with Gasteiger partial charge >= 0.3 is 0 Å². The summed E-state index contributed by atoms with van der Waals surface area (Å²) in [5, 5.41) is 3.36. The molecule has 0 aliphatic rings. The zero-order valence-corrected chi connectivity index (χ0v) is 19.2. The van der Waals surface area contributed by atoms with Crippen LogP contribution in [0.25, 0.3) is 0 Å². The molecule has 6 nitrogen and oxygen atoms in total. The molecule has 0 unspecified atom stereocenters. The number of nitrogens with zero attached hydrogens (tertiary/aromatic N) is 3. The van der Waals surface area contributed by atoms with Crippen LogP contribution in [0, 0.1) is 0 Å². The van der Waals surface area contributed by atoms with E-state index in [-0.39, 0.29) is 24.0 Å². The third-order valence-electron chi connectivity index (χ3n) is 3.93. The minimum absolute atomic E-state index is 0. The predicted molar refractivity (Wildman–Crippen MR) is 120 cm³/mol. The van der Waals surface area contributed by atoms with Gasteiger partial charge < -0.3 is 24.6 Å². The van der Waals surface area contributed by atoms with Crippen molar-refractivity contribution in [3.63, 3.8) is 0 Å². The van der Waals surface area contributed by atoms with Crippen LogP contribution < -0.4 is 10.1 Å². The lowest BCUT2D eigenvalue weighted by Gasteiger charge is -2.23. The summed E-state index contributed by atoms with van der Waals surface area (Å²) in [6.07, 6.45) is 1.03. The fourth-order valence-corrected chi connectivity index (χ4v) is 2.52. The van der Waals surface area contributed by atoms with E-state index in [9.17, 15) is 0 Å². The molecule has 0 saturated carbocycles. The molecule has 0 aliphatic carbocycles. The minimum Gasteiger partial charge on any atom is -0.496 e. The summed E-state index contributed by atoms with van der Waals surface area (Å²) in [6.45, 7) is 7.23. The second kappa shape index (κ2) is 15.0. The molecule has 1 aromatic rings. The number of ether oxygens (including phenoxy) is 2. The number of hydrogen-bond donors (Lipinski definition) is 1. The first-order valence-corrected chi connectivity index (χ1v) is 8.91. The maximum absolute atomic E-state index is 5.44. The van der Waals surface area contributed by atoms with E-state index in [0.29, 0.717) is 0 Å². The molecule has 0 amide bonds. The molecule has 0 heterocycles. The second-order valence-electron chi connectivity index (χ2n) is 6.05. The first kappa shape index (κ1) is 24.9. The summed E-state index contributed by atoms with van der Waals surface area (Å²) in [5.74, 6) is 1.83. The lowest BCUT2D eigenvalue weighted by atomic mass is 10.2. The molecule has 26 heavy (non-hydrogen) atoms. The zero-order valence-electron chi connectivity index (χ0n) is 16.8. The molecule has 0 saturated heterocycles. The van der Waals surface area contributed by atoms with E-state index in [1.807, 2.05) is 18.2 Å². The van der Waals surface area contributed by atoms with Crippen LogP contribution >= 0.6 is 24.0 Å². The van der Waals surface area contributed by atoms with Crippen molar-refractivity contribution >= 4 is 29.9 Å². The molecule has 0 spiro atoms. The number of para-hydroxylation sites is 1. The van der Waals surface area contributed by atoms with Crippen LogP contribution in [0.3, 0.4) is 0 Å². The molecular weight excluding hydrogens is 443 g/mol. The predicted octanol–water partition coefficient (Wildman–Crippen LogP) is 2.68. The molecular formula is C19H35IN4O2. The molecule has 0 radical (unpaired) electrons. The Morgan fingerprint density at radius 2 is 1.88 bits per heavy atom. The number of guanidine groups is 1. The molecule has 1 rings (SSSR count). The quantitative estimate of drug-likeness (QED) is 0.230. The standard InChI is InChI=1S/C19H34N4O2.HI/c1-6-20-19(21-12-9-13-22(2)14-15-24-4)23(3)16-17-10-7-8-11-18(17)25-5;/h7-8,10-11H,6,9,12-16H2,1-5H3,(H,20,21);1H. The summed E-state index contributed by atoms with van der Waals surface area (Å²) in [7, 11) is 7.61. The summed E-state index contributed by atoms with van der Waals surface area (Å²) in [6, 6.07) is 8.10. The summed E-state index contributed by atoms with van der Waals surface area (Å²) in [4.78, 5) is 9.15. The van der Waals surface area contributed by atoms with Crippen molar-refractivity contribution < 1.29 is 9.47 Å². The van der Waals surface area contributed by atoms with Crippen LogP contribution in [0.4, 0.5) is 0 Å². The fraction of sp³-hybridized carbons (Fsp3) is 0.632. The van der Waals surface area contributed by atoms with Gasteiger partial charge in [0.05, 0.1) is 13.7 Å². The largest absolute Gasteiger partial charge is 0.496 e. The summed E-state index contributed by atoms with van der Waals surface area (Å²) >= 11 is 0. The Morgan fingerprint density at radius 1 is 1.15 bits per heavy atom. The number of hydrogen-bond acceptors (Lipinski definition) is 4. The highest BCUT2D eigenvalue weighted by molar-refractivity contribution is 14.0. The van der Waals surface area contributed by atoms with Gasteiger partial charge in [0.1, 0.15) is 5.75 Å². The number of benzene rings is 1. The Labute approximate surface area is 176 Å². The average Bonchev–Trinajstić information content (AvgIpc) is 2.62. The number of rotatable bonds is 11. The Balaban J connectivity index is 0.00000625. The smallest absolute Gasteiger partial charge is 0.193 e. The Bertz CT molecular complexity index is 514. The van der Waals surface area contributed by atoms with Crippen molar-refractivity contribution in [3.05, 3.63) is 29.8 Å². The van der Waals surface area contributed by atoms with Gasteiger partial charge in [-0.25, -0.2) is 0 Å². The highest BCUT2D eigenvalue weighted by Gasteiger charge is 2.09. The van der Waals surface area contributed by atoms with Crippen LogP contribution in [0.5, 0.6) is 5.75 Å². The van der Waals surface area contributed by atoms with Crippen molar-refractivity contribution in [2.75, 3.05) is 61.1 Å². The third kappa shape index (κ3) is 9.59. The van der Waals surface area contributed by atoms with E-state index in [0.717, 1.165) is 63.0 Å². The van der Waals surface area contributed by atoms with Crippen molar-refractivity contribution in [3.8, 4) is 5.75 Å². The van der Waals surface area contributed by atoms with Gasteiger partial charge in [0.25, 0.3) is 0 Å². The lowest BCUT2D eigenvalue weighted by molar-refractivity contribution is 0.161. The molecule has 0 bridgehead atoms. The van der Waals surface area contributed by atoms with Crippen molar-refractivity contribution in [2.24, 2.45) is 4.99 Å². The molecule has 0 fully saturated rings. The van der Waals surface area contributed by atoms with Gasteiger partial charge in [-0.2, -0.15) is 0 Å². The van der Waals surface area contributed by atoms with Gasteiger partial charge in [-0.1, -0.05) is 18.2 Å². The van der Waals surface area contributed by atoms with Gasteiger partial charge in [0.2, 0.25) is 0 Å². The maximum atomic E-state index is 5.44. The highest BCUT2D eigenvalue weighted by atomic mass is 127. The maximum Gasteiger partial charge on any atom is 0.193 e. The monoisotopic (exact) mass is 478 g/mol. The van der Waals surface area contributed by atoms with Crippen molar-refractivity contribution in [1.82, 2.24) is 15.1 Å². The van der Waals surface area contributed by atoms with Crippen LogP contribution in [0.2, 0.25) is 0 Å². The van der Waals surface area contributed by atoms with E-state index < -0.39 is 0 Å². The van der Waals surface area contributed by atoms with Gasteiger partial charge in [0, 0.05) is 45.9 Å². The van der Waals surface area contributed by atoms with E-state index in [2.05, 4.69) is 42.2 Å². The molecule has 0 aliphatic heterocycles. The topological polar surface area (TPSA) is 49.3 Å². The second-order valence-corrected chi connectivity index (χ2v) is 6.05. The van der Waals surface area contributed by atoms with Gasteiger partial charge in [0.15, 0.2) is 5.96 Å². The fourth-order valence-electron chi connectivity index (χ4n) is 2.52. The lowest BCUT2D eigenvalue weighted by Crippen LogP contribution is -2.38. The SMILES string of the molecule is CCNC(=NCCCN(C)CCOC)N(C)Cc1ccccc1OC.I. The molecule has 7 heteroatoms. The summed E-state index contributed by atoms with van der Waals surface area (Å²) in [5.41, 5.74) is 1.15. The Kier molecular flexibility index (Phi) is 14.4. The number of likely N-dealkylation sites (N-methyl/N-ethyl adjacent to an activating group) is 1. The number of halogens is 1. The van der Waals surface area contributed by atoms with E-state index in [1.54, 1.807) is 14.2 Å². The summed E-state index contributed by atoms with van der Waals surface area (Å²) < 4.78 is 10.5. The first-order valence-electron chi connectivity index (χ1n) is 8.91. The average molecular weight is 478 g/mol. The zero-order chi connectivity index (χ0) is 18.5. The van der Waals surface area contributed by atoms with Crippen LogP contribution in [0.1, 0.15) is 18.9 Å². The minimum atomic E-state index is 0. The molecule has 1 aromatic carbocycles. The molecule has 150 valence electrons. The number of nitrogens with one attached hydrogen (secondary N) is 1. The van der Waals surface area contributed by atoms with E-state index >= 15 is 0 Å². The first-order chi connectivity index (χ1) is 12.1. The Morgan fingerprint density at radius 3 is 2.54 bits per heavy atom. The third-order valence-corrected chi connectivity index (χ3v) is 3.93. The van der Waals surface area contributed by atoms with Crippen LogP contribution in [-0.2, 0) is 11.3 Å². The van der Waals surface area contributed by atoms with Gasteiger partial charge in [-0.15, -0.1) is 24.0 Å². The van der Waals surface area contributed by atoms with Crippen molar-refractivity contribution in [2.45, 2.75) is 19.9 Å². The van der Waals surface area contributed by atoms with Gasteiger partial charge in [-0.05, 0) is 33.0 Å². The Hall–Kier alpha value is -1.06. The number of aliphatic imine (C=N–C) groups is 1. The van der Waals surface area contributed by atoms with E-state index in [4.69, 9.17) is 14.5 Å². The van der Waals surface area contributed by atoms with E-state index in [1.165, 1.54) is 0 Å². The number of methoxy groups -OCH3 is 2. The van der Waals surface area contributed by atoms with Crippen molar-refractivity contribution in [1.29, 1.82) is 0 Å².